The summed E-state index contributed by atoms with van der Waals surface area (Å²) in [5.41, 5.74) is 0.649. The molecule has 0 heterocycles. The molecule has 0 saturated heterocycles. The molecule has 0 aromatic carbocycles. The van der Waals surface area contributed by atoms with E-state index in [0.717, 1.165) is 54.3 Å². The minimum atomic E-state index is 0.0171. The van der Waals surface area contributed by atoms with Crippen molar-refractivity contribution in [3.63, 3.8) is 0 Å². The van der Waals surface area contributed by atoms with Crippen molar-refractivity contribution in [3.05, 3.63) is 0 Å². The van der Waals surface area contributed by atoms with Crippen molar-refractivity contribution >= 4 is 0 Å². The van der Waals surface area contributed by atoms with Crippen molar-refractivity contribution in [2.24, 2.45) is 46.8 Å². The van der Waals surface area contributed by atoms with Crippen LogP contribution in [0.25, 0.3) is 0 Å². The molecular formula is C21H36O. The molecule has 0 amide bonds. The first-order valence-electron chi connectivity index (χ1n) is 10.2. The molecule has 1 N–H and O–H groups in total. The van der Waals surface area contributed by atoms with Crippen molar-refractivity contribution < 1.29 is 5.11 Å². The van der Waals surface area contributed by atoms with E-state index in [0.29, 0.717) is 5.41 Å². The van der Waals surface area contributed by atoms with Crippen LogP contribution in [0.2, 0.25) is 0 Å². The number of fused-ring (bicyclic) bond motifs is 5. The summed E-state index contributed by atoms with van der Waals surface area (Å²) in [5, 5.41) is 10.0. The van der Waals surface area contributed by atoms with Gasteiger partial charge in [-0.1, -0.05) is 20.8 Å². The highest BCUT2D eigenvalue weighted by Crippen LogP contribution is 2.65. The van der Waals surface area contributed by atoms with Crippen LogP contribution in [0.4, 0.5) is 0 Å². The van der Waals surface area contributed by atoms with Crippen LogP contribution in [0.1, 0.15) is 78.6 Å². The lowest BCUT2D eigenvalue weighted by molar-refractivity contribution is -0.0810. The minimum Gasteiger partial charge on any atom is -0.393 e. The Morgan fingerprint density at radius 2 is 1.64 bits per heavy atom. The molecule has 4 aliphatic rings. The molecule has 8 unspecified atom stereocenters. The van der Waals surface area contributed by atoms with E-state index < -0.39 is 0 Å². The molecule has 1 heteroatoms. The van der Waals surface area contributed by atoms with Gasteiger partial charge in [0.05, 0.1) is 6.10 Å². The van der Waals surface area contributed by atoms with E-state index in [1.54, 1.807) is 0 Å². The van der Waals surface area contributed by atoms with Crippen molar-refractivity contribution in [3.8, 4) is 0 Å². The normalized spacial score (nSPS) is 54.7. The van der Waals surface area contributed by atoms with Crippen molar-refractivity contribution in [1.29, 1.82) is 0 Å². The van der Waals surface area contributed by atoms with Crippen LogP contribution in [0.5, 0.6) is 0 Å². The number of aliphatic hydroxyl groups is 1. The van der Waals surface area contributed by atoms with E-state index in [9.17, 15) is 5.11 Å². The second kappa shape index (κ2) is 5.50. The van der Waals surface area contributed by atoms with Crippen LogP contribution >= 0.6 is 0 Å². The Labute approximate surface area is 137 Å². The maximum atomic E-state index is 10.0. The van der Waals surface area contributed by atoms with Crippen LogP contribution in [-0.2, 0) is 0 Å². The molecule has 1 nitrogen and oxygen atoms in total. The van der Waals surface area contributed by atoms with Gasteiger partial charge in [-0.05, 0) is 105 Å². The topological polar surface area (TPSA) is 20.2 Å². The zero-order valence-electron chi connectivity index (χ0n) is 14.9. The van der Waals surface area contributed by atoms with Gasteiger partial charge in [-0.15, -0.1) is 0 Å². The largest absolute Gasteiger partial charge is 0.393 e. The van der Waals surface area contributed by atoms with Gasteiger partial charge in [0, 0.05) is 0 Å². The van der Waals surface area contributed by atoms with Gasteiger partial charge >= 0.3 is 0 Å². The van der Waals surface area contributed by atoms with Crippen LogP contribution in [0.15, 0.2) is 0 Å². The first kappa shape index (κ1) is 15.5. The summed E-state index contributed by atoms with van der Waals surface area (Å²) in [5.74, 6) is 6.72. The van der Waals surface area contributed by atoms with Crippen molar-refractivity contribution in [2.75, 3.05) is 0 Å². The fourth-order valence-corrected chi connectivity index (χ4v) is 7.96. The van der Waals surface area contributed by atoms with E-state index in [1.165, 1.54) is 44.9 Å². The van der Waals surface area contributed by atoms with Gasteiger partial charge in [-0.2, -0.15) is 0 Å². The van der Waals surface area contributed by atoms with Crippen LogP contribution < -0.4 is 0 Å². The Balaban J connectivity index is 1.55. The lowest BCUT2D eigenvalue weighted by Gasteiger charge is -2.56. The van der Waals surface area contributed by atoms with Crippen LogP contribution in [0, 0.1) is 46.8 Å². The number of aliphatic hydroxyl groups excluding tert-OH is 1. The Morgan fingerprint density at radius 3 is 2.41 bits per heavy atom. The molecule has 0 spiro atoms. The maximum Gasteiger partial charge on any atom is 0.0543 e. The molecule has 126 valence electrons. The summed E-state index contributed by atoms with van der Waals surface area (Å²) >= 11 is 0. The third-order valence-corrected chi connectivity index (χ3v) is 8.80. The van der Waals surface area contributed by atoms with Gasteiger partial charge in [-0.25, -0.2) is 0 Å². The van der Waals surface area contributed by atoms with Gasteiger partial charge < -0.3 is 5.11 Å². The molecule has 8 atom stereocenters. The van der Waals surface area contributed by atoms with Gasteiger partial charge in [0.1, 0.15) is 0 Å². The second-order valence-electron chi connectivity index (χ2n) is 9.87. The zero-order chi connectivity index (χ0) is 15.5. The minimum absolute atomic E-state index is 0.0171. The summed E-state index contributed by atoms with van der Waals surface area (Å²) in [6.07, 6.45) is 12.4. The van der Waals surface area contributed by atoms with E-state index in [-0.39, 0.29) is 6.10 Å². The SMILES string of the molecule is CC(C)C1CCC2C3CCC4CC(O)CCC4C3CCC12C. The van der Waals surface area contributed by atoms with Gasteiger partial charge in [-0.3, -0.25) is 0 Å². The first-order chi connectivity index (χ1) is 10.5. The number of hydrogen-bond acceptors (Lipinski definition) is 1. The molecule has 0 bridgehead atoms. The zero-order valence-corrected chi connectivity index (χ0v) is 14.9. The smallest absolute Gasteiger partial charge is 0.0543 e. The Hall–Kier alpha value is -0.0400. The molecule has 0 radical (unpaired) electrons. The average molecular weight is 305 g/mol. The quantitative estimate of drug-likeness (QED) is 0.699. The van der Waals surface area contributed by atoms with Gasteiger partial charge in [0.15, 0.2) is 0 Å². The molecule has 0 aromatic heterocycles. The molecule has 4 fully saturated rings. The molecular weight excluding hydrogens is 268 g/mol. The average Bonchev–Trinajstić information content (AvgIpc) is 2.84. The van der Waals surface area contributed by atoms with Crippen LogP contribution in [-0.4, -0.2) is 11.2 Å². The highest BCUT2D eigenvalue weighted by Gasteiger charge is 2.57. The van der Waals surface area contributed by atoms with Gasteiger partial charge in [0.2, 0.25) is 0 Å². The Bertz CT molecular complexity index is 416. The maximum absolute atomic E-state index is 10.0. The van der Waals surface area contributed by atoms with Crippen LogP contribution in [0.3, 0.4) is 0 Å². The highest BCUT2D eigenvalue weighted by molar-refractivity contribution is 5.06. The van der Waals surface area contributed by atoms with E-state index >= 15 is 0 Å². The van der Waals surface area contributed by atoms with E-state index in [4.69, 9.17) is 0 Å². The van der Waals surface area contributed by atoms with Gasteiger partial charge in [0.25, 0.3) is 0 Å². The van der Waals surface area contributed by atoms with Crippen molar-refractivity contribution in [2.45, 2.75) is 84.7 Å². The molecule has 4 saturated carbocycles. The predicted octanol–water partition coefficient (Wildman–Crippen LogP) is 5.27. The second-order valence-corrected chi connectivity index (χ2v) is 9.87. The Kier molecular flexibility index (Phi) is 3.87. The molecule has 4 rings (SSSR count). The number of rotatable bonds is 1. The monoisotopic (exact) mass is 304 g/mol. The summed E-state index contributed by atoms with van der Waals surface area (Å²) in [4.78, 5) is 0. The summed E-state index contributed by atoms with van der Waals surface area (Å²) in [6, 6.07) is 0. The first-order valence-corrected chi connectivity index (χ1v) is 10.2. The highest BCUT2D eigenvalue weighted by atomic mass is 16.3. The fourth-order valence-electron chi connectivity index (χ4n) is 7.96. The Morgan fingerprint density at radius 1 is 0.864 bits per heavy atom. The molecule has 0 aliphatic heterocycles. The van der Waals surface area contributed by atoms with E-state index in [2.05, 4.69) is 20.8 Å². The lowest BCUT2D eigenvalue weighted by atomic mass is 9.49. The predicted molar refractivity (Wildman–Crippen MR) is 91.4 cm³/mol. The third kappa shape index (κ3) is 2.21. The summed E-state index contributed by atoms with van der Waals surface area (Å²) in [6.45, 7) is 7.58. The lowest BCUT2D eigenvalue weighted by Crippen LogP contribution is -2.49. The summed E-state index contributed by atoms with van der Waals surface area (Å²) in [7, 11) is 0. The fraction of sp³-hybridized carbons (Fsp3) is 1.00. The molecule has 4 aliphatic carbocycles. The molecule has 22 heavy (non-hydrogen) atoms. The third-order valence-electron chi connectivity index (χ3n) is 8.80. The standard InChI is InChI=1S/C21H36O/c1-13(2)19-8-9-20-18-6-4-14-12-15(22)5-7-16(14)17(18)10-11-21(19,20)3/h13-20,22H,4-12H2,1-3H3. The van der Waals surface area contributed by atoms with E-state index in [1.807, 2.05) is 0 Å². The summed E-state index contributed by atoms with van der Waals surface area (Å²) < 4.78 is 0. The number of hydrogen-bond donors (Lipinski definition) is 1. The van der Waals surface area contributed by atoms with Crippen molar-refractivity contribution in [1.82, 2.24) is 0 Å². The molecule has 0 aromatic rings.